The fraction of sp³-hybridized carbons (Fsp3) is 0.870. The molecule has 1 aliphatic heterocycles. The minimum atomic E-state index is -0.589. The minimum absolute atomic E-state index is 0.0540. The van der Waals surface area contributed by atoms with Crippen LogP contribution in [0.2, 0.25) is 0 Å². The summed E-state index contributed by atoms with van der Waals surface area (Å²) in [6.07, 6.45) is 8.30. The maximum atomic E-state index is 13.4. The van der Waals surface area contributed by atoms with E-state index in [-0.39, 0.29) is 23.9 Å². The first-order valence-electron chi connectivity index (χ1n) is 11.7. The van der Waals surface area contributed by atoms with E-state index < -0.39 is 11.7 Å². The summed E-state index contributed by atoms with van der Waals surface area (Å²) in [6.45, 7) is 6.68. The first kappa shape index (κ1) is 21.4. The van der Waals surface area contributed by atoms with Crippen LogP contribution in [0.15, 0.2) is 0 Å². The molecule has 30 heavy (non-hydrogen) atoms. The van der Waals surface area contributed by atoms with Crippen LogP contribution in [0.5, 0.6) is 0 Å². The molecular weight excluding hydrogens is 382 g/mol. The number of hydrogen-bond donors (Lipinski definition) is 2. The molecule has 5 rings (SSSR count). The van der Waals surface area contributed by atoms with Crippen LogP contribution in [-0.2, 0) is 14.3 Å². The van der Waals surface area contributed by atoms with Gasteiger partial charge in [0.1, 0.15) is 12.1 Å². The van der Waals surface area contributed by atoms with Crippen molar-refractivity contribution in [1.29, 1.82) is 0 Å². The quantitative estimate of drug-likeness (QED) is 0.733. The Hall–Kier alpha value is -1.79. The standard InChI is InChI=1S/C23H37N3O4/c1-22(2,3)30-21(29)24-14-19(27)25-18-4-6-26(7-5-18)20(28)23-11-15-8-16(12-23)10-17(9-15)13-23/h15-18H,4-14H2,1-3H3,(H,24,29)(H,25,27). The summed E-state index contributed by atoms with van der Waals surface area (Å²) < 4.78 is 5.14. The summed E-state index contributed by atoms with van der Waals surface area (Å²) >= 11 is 0. The lowest BCUT2D eigenvalue weighted by Crippen LogP contribution is -2.57. The first-order valence-corrected chi connectivity index (χ1v) is 11.7. The molecule has 0 spiro atoms. The summed E-state index contributed by atoms with van der Waals surface area (Å²) in [4.78, 5) is 39.4. The lowest BCUT2D eigenvalue weighted by molar-refractivity contribution is -0.158. The number of likely N-dealkylation sites (tertiary alicyclic amines) is 1. The highest BCUT2D eigenvalue weighted by atomic mass is 16.6. The molecule has 0 atom stereocenters. The van der Waals surface area contributed by atoms with Gasteiger partial charge >= 0.3 is 6.09 Å². The van der Waals surface area contributed by atoms with E-state index in [2.05, 4.69) is 15.5 Å². The van der Waals surface area contributed by atoms with Crippen LogP contribution in [0, 0.1) is 23.2 Å². The van der Waals surface area contributed by atoms with Gasteiger partial charge in [0.25, 0.3) is 0 Å². The molecule has 0 unspecified atom stereocenters. The molecule has 1 heterocycles. The molecule has 0 aromatic carbocycles. The Morgan fingerprint density at radius 3 is 2.00 bits per heavy atom. The number of piperidine rings is 1. The van der Waals surface area contributed by atoms with Crippen molar-refractivity contribution >= 4 is 17.9 Å². The number of hydrogen-bond acceptors (Lipinski definition) is 4. The number of alkyl carbamates (subject to hydrolysis) is 1. The van der Waals surface area contributed by atoms with Crippen LogP contribution < -0.4 is 10.6 Å². The van der Waals surface area contributed by atoms with E-state index in [9.17, 15) is 14.4 Å². The summed E-state index contributed by atoms with van der Waals surface area (Å²) in [7, 11) is 0. The molecule has 3 amide bonds. The van der Waals surface area contributed by atoms with Gasteiger partial charge in [0.05, 0.1) is 5.41 Å². The average Bonchev–Trinajstić information content (AvgIpc) is 2.64. The van der Waals surface area contributed by atoms with Crippen molar-refractivity contribution in [3.8, 4) is 0 Å². The third-order valence-corrected chi connectivity index (χ3v) is 7.43. The molecule has 7 nitrogen and oxygen atoms in total. The van der Waals surface area contributed by atoms with E-state index >= 15 is 0 Å². The largest absolute Gasteiger partial charge is 0.444 e. The predicted molar refractivity (Wildman–Crippen MR) is 113 cm³/mol. The monoisotopic (exact) mass is 419 g/mol. The number of carbonyl (C=O) groups is 3. The van der Waals surface area contributed by atoms with Crippen molar-refractivity contribution in [2.75, 3.05) is 19.6 Å². The van der Waals surface area contributed by atoms with E-state index in [1.54, 1.807) is 20.8 Å². The first-order chi connectivity index (χ1) is 14.1. The molecular formula is C23H37N3O4. The SMILES string of the molecule is CC(C)(C)OC(=O)NCC(=O)NC1CCN(C(=O)C23CC4CC(CC(C4)C2)C3)CC1. The zero-order valence-electron chi connectivity index (χ0n) is 18.7. The topological polar surface area (TPSA) is 87.7 Å². The average molecular weight is 420 g/mol. The number of carbonyl (C=O) groups excluding carboxylic acids is 3. The fourth-order valence-electron chi connectivity index (χ4n) is 6.68. The van der Waals surface area contributed by atoms with Gasteiger partial charge in [-0.05, 0) is 89.9 Å². The summed E-state index contributed by atoms with van der Waals surface area (Å²) in [6, 6.07) is 0.0540. The van der Waals surface area contributed by atoms with Crippen molar-refractivity contribution in [2.45, 2.75) is 83.8 Å². The van der Waals surface area contributed by atoms with E-state index in [4.69, 9.17) is 4.74 Å². The molecule has 5 aliphatic rings. The van der Waals surface area contributed by atoms with Crippen LogP contribution in [-0.4, -0.2) is 54.1 Å². The Bertz CT molecular complexity index is 656. The molecule has 0 radical (unpaired) electrons. The van der Waals surface area contributed by atoms with E-state index in [0.717, 1.165) is 49.9 Å². The van der Waals surface area contributed by atoms with E-state index in [1.165, 1.54) is 19.3 Å². The third-order valence-electron chi connectivity index (χ3n) is 7.43. The Labute approximate surface area is 179 Å². The highest BCUT2D eigenvalue weighted by Crippen LogP contribution is 2.60. The summed E-state index contributed by atoms with van der Waals surface area (Å²) in [5, 5.41) is 5.48. The third kappa shape index (κ3) is 4.75. The van der Waals surface area contributed by atoms with Crippen molar-refractivity contribution in [3.63, 3.8) is 0 Å². The maximum absolute atomic E-state index is 13.4. The van der Waals surface area contributed by atoms with Gasteiger partial charge in [-0.3, -0.25) is 9.59 Å². The predicted octanol–water partition coefficient (Wildman–Crippen LogP) is 2.83. The number of nitrogens with zero attached hydrogens (tertiary/aromatic N) is 1. The Morgan fingerprint density at radius 1 is 0.967 bits per heavy atom. The Balaban J connectivity index is 1.21. The number of amides is 3. The molecule has 7 heteroatoms. The van der Waals surface area contributed by atoms with Gasteiger partial charge in [-0.2, -0.15) is 0 Å². The molecule has 0 aromatic heterocycles. The van der Waals surface area contributed by atoms with Gasteiger partial charge in [-0.25, -0.2) is 4.79 Å². The normalized spacial score (nSPS) is 33.3. The van der Waals surface area contributed by atoms with Crippen LogP contribution in [0.25, 0.3) is 0 Å². The second-order valence-corrected chi connectivity index (χ2v) is 11.2. The van der Waals surface area contributed by atoms with Crippen LogP contribution in [0.1, 0.15) is 72.1 Å². The zero-order valence-corrected chi connectivity index (χ0v) is 18.7. The van der Waals surface area contributed by atoms with Gasteiger partial charge in [-0.1, -0.05) is 0 Å². The Kier molecular flexibility index (Phi) is 5.75. The summed E-state index contributed by atoms with van der Waals surface area (Å²) in [5.74, 6) is 2.49. The molecule has 4 saturated carbocycles. The molecule has 0 aromatic rings. The number of rotatable bonds is 4. The van der Waals surface area contributed by atoms with E-state index in [1.807, 2.05) is 0 Å². The van der Waals surface area contributed by atoms with Crippen LogP contribution >= 0.6 is 0 Å². The van der Waals surface area contributed by atoms with Crippen molar-refractivity contribution < 1.29 is 19.1 Å². The van der Waals surface area contributed by atoms with Gasteiger partial charge in [0.2, 0.25) is 11.8 Å². The van der Waals surface area contributed by atoms with Gasteiger partial charge < -0.3 is 20.3 Å². The highest BCUT2D eigenvalue weighted by Gasteiger charge is 2.55. The number of ether oxygens (including phenoxy) is 1. The lowest BCUT2D eigenvalue weighted by atomic mass is 9.49. The van der Waals surface area contributed by atoms with Crippen molar-refractivity contribution in [3.05, 3.63) is 0 Å². The van der Waals surface area contributed by atoms with Gasteiger partial charge in [0.15, 0.2) is 0 Å². The fourth-order valence-corrected chi connectivity index (χ4v) is 6.68. The molecule has 2 N–H and O–H groups in total. The number of nitrogens with one attached hydrogen (secondary N) is 2. The van der Waals surface area contributed by atoms with Gasteiger partial charge in [0, 0.05) is 19.1 Å². The lowest BCUT2D eigenvalue weighted by Gasteiger charge is -2.57. The molecule has 4 aliphatic carbocycles. The van der Waals surface area contributed by atoms with Crippen molar-refractivity contribution in [2.24, 2.45) is 23.2 Å². The smallest absolute Gasteiger partial charge is 0.408 e. The molecule has 1 saturated heterocycles. The summed E-state index contributed by atoms with van der Waals surface area (Å²) in [5.41, 5.74) is -0.668. The second kappa shape index (κ2) is 8.04. The van der Waals surface area contributed by atoms with Crippen molar-refractivity contribution in [1.82, 2.24) is 15.5 Å². The van der Waals surface area contributed by atoms with Crippen LogP contribution in [0.4, 0.5) is 4.79 Å². The van der Waals surface area contributed by atoms with Gasteiger partial charge in [-0.15, -0.1) is 0 Å². The van der Waals surface area contributed by atoms with E-state index in [0.29, 0.717) is 19.0 Å². The highest BCUT2D eigenvalue weighted by molar-refractivity contribution is 5.84. The molecule has 5 fully saturated rings. The Morgan fingerprint density at radius 2 is 1.50 bits per heavy atom. The zero-order chi connectivity index (χ0) is 21.5. The maximum Gasteiger partial charge on any atom is 0.408 e. The van der Waals surface area contributed by atoms with Crippen LogP contribution in [0.3, 0.4) is 0 Å². The minimum Gasteiger partial charge on any atom is -0.444 e. The molecule has 4 bridgehead atoms. The molecule has 168 valence electrons. The second-order valence-electron chi connectivity index (χ2n) is 11.2.